The summed E-state index contributed by atoms with van der Waals surface area (Å²) in [6.07, 6.45) is 3.29. The Morgan fingerprint density at radius 2 is 2.05 bits per heavy atom. The van der Waals surface area contributed by atoms with Gasteiger partial charge in [-0.1, -0.05) is 0 Å². The molecule has 2 rings (SSSR count). The van der Waals surface area contributed by atoms with Crippen molar-refractivity contribution in [3.63, 3.8) is 0 Å². The van der Waals surface area contributed by atoms with Gasteiger partial charge in [0.05, 0.1) is 19.0 Å². The highest BCUT2D eigenvalue weighted by molar-refractivity contribution is 5.81. The molecule has 104 valence electrons. The lowest BCUT2D eigenvalue weighted by Gasteiger charge is -2.05. The van der Waals surface area contributed by atoms with Crippen LogP contribution in [0.25, 0.3) is 0 Å². The van der Waals surface area contributed by atoms with Gasteiger partial charge in [0.1, 0.15) is 11.5 Å². The smallest absolute Gasteiger partial charge is 0.277 e. The van der Waals surface area contributed by atoms with Gasteiger partial charge >= 0.3 is 0 Å². The van der Waals surface area contributed by atoms with E-state index in [-0.39, 0.29) is 12.5 Å². The van der Waals surface area contributed by atoms with Crippen LogP contribution in [0.5, 0.6) is 11.5 Å². The lowest BCUT2D eigenvalue weighted by Crippen LogP contribution is -2.24. The summed E-state index contributed by atoms with van der Waals surface area (Å²) in [5.74, 6) is 0.996. The van der Waals surface area contributed by atoms with Crippen molar-refractivity contribution in [1.82, 2.24) is 10.4 Å². The molecular formula is C14H15N3O3. The summed E-state index contributed by atoms with van der Waals surface area (Å²) >= 11 is 0. The molecule has 0 saturated carbocycles. The van der Waals surface area contributed by atoms with Crippen LogP contribution in [-0.2, 0) is 4.79 Å². The van der Waals surface area contributed by atoms with Gasteiger partial charge in [-0.15, -0.1) is 0 Å². The van der Waals surface area contributed by atoms with Crippen LogP contribution in [-0.4, -0.2) is 30.8 Å². The first-order valence-electron chi connectivity index (χ1n) is 6.00. The van der Waals surface area contributed by atoms with Gasteiger partial charge in [-0.2, -0.15) is 5.10 Å². The predicted octanol–water partition coefficient (Wildman–Crippen LogP) is 1.55. The van der Waals surface area contributed by atoms with E-state index in [1.807, 2.05) is 12.1 Å². The molecule has 1 aromatic carbocycles. The van der Waals surface area contributed by atoms with E-state index < -0.39 is 0 Å². The summed E-state index contributed by atoms with van der Waals surface area (Å²) in [5.41, 5.74) is 3.18. The molecule has 0 unspecified atom stereocenters. The van der Waals surface area contributed by atoms with Crippen LogP contribution in [0.1, 0.15) is 5.69 Å². The molecule has 0 saturated heterocycles. The Morgan fingerprint density at radius 3 is 2.70 bits per heavy atom. The number of amides is 1. The van der Waals surface area contributed by atoms with Crippen molar-refractivity contribution in [3.8, 4) is 11.5 Å². The van der Waals surface area contributed by atoms with E-state index in [2.05, 4.69) is 15.5 Å². The number of benzene rings is 1. The second-order valence-electron chi connectivity index (χ2n) is 3.88. The molecule has 0 spiro atoms. The molecule has 0 aliphatic rings. The van der Waals surface area contributed by atoms with Crippen molar-refractivity contribution < 1.29 is 14.3 Å². The molecule has 1 heterocycles. The average molecular weight is 273 g/mol. The molecule has 6 nitrogen and oxygen atoms in total. The normalized spacial score (nSPS) is 10.4. The van der Waals surface area contributed by atoms with Crippen LogP contribution in [0, 0.1) is 0 Å². The Morgan fingerprint density at radius 1 is 1.30 bits per heavy atom. The molecule has 0 atom stereocenters. The molecule has 20 heavy (non-hydrogen) atoms. The van der Waals surface area contributed by atoms with E-state index in [9.17, 15) is 4.79 Å². The molecule has 6 heteroatoms. The van der Waals surface area contributed by atoms with Crippen molar-refractivity contribution in [2.24, 2.45) is 5.10 Å². The highest BCUT2D eigenvalue weighted by Gasteiger charge is 2.01. The molecule has 1 aromatic heterocycles. The number of methoxy groups -OCH3 is 1. The fourth-order valence-electron chi connectivity index (χ4n) is 1.45. The number of aromatic amines is 1. The van der Waals surface area contributed by atoms with Crippen molar-refractivity contribution in [1.29, 1.82) is 0 Å². The van der Waals surface area contributed by atoms with E-state index in [4.69, 9.17) is 9.47 Å². The molecule has 0 fully saturated rings. The minimum Gasteiger partial charge on any atom is -0.497 e. The summed E-state index contributed by atoms with van der Waals surface area (Å²) in [6.45, 7) is -0.103. The van der Waals surface area contributed by atoms with Crippen LogP contribution in [0.3, 0.4) is 0 Å². The fourth-order valence-corrected chi connectivity index (χ4v) is 1.45. The number of aromatic nitrogens is 1. The van der Waals surface area contributed by atoms with E-state index in [0.717, 1.165) is 11.4 Å². The zero-order valence-electron chi connectivity index (χ0n) is 11.0. The van der Waals surface area contributed by atoms with Crippen molar-refractivity contribution >= 4 is 12.1 Å². The van der Waals surface area contributed by atoms with Gasteiger partial charge in [0.15, 0.2) is 6.61 Å². The number of nitrogens with zero attached hydrogens (tertiary/aromatic N) is 1. The third-order valence-corrected chi connectivity index (χ3v) is 2.44. The number of carbonyl (C=O) groups excluding carboxylic acids is 1. The van der Waals surface area contributed by atoms with Crippen LogP contribution >= 0.6 is 0 Å². The summed E-state index contributed by atoms with van der Waals surface area (Å²) in [5, 5.41) is 3.80. The Balaban J connectivity index is 1.74. The number of carbonyl (C=O) groups is 1. The topological polar surface area (TPSA) is 75.7 Å². The van der Waals surface area contributed by atoms with Crippen molar-refractivity contribution in [2.45, 2.75) is 0 Å². The van der Waals surface area contributed by atoms with Crippen LogP contribution < -0.4 is 14.9 Å². The number of rotatable bonds is 6. The summed E-state index contributed by atoms with van der Waals surface area (Å²) in [7, 11) is 1.59. The molecule has 0 radical (unpaired) electrons. The first-order valence-corrected chi connectivity index (χ1v) is 6.00. The second kappa shape index (κ2) is 6.98. The van der Waals surface area contributed by atoms with E-state index in [1.54, 1.807) is 37.6 Å². The second-order valence-corrected chi connectivity index (χ2v) is 3.88. The zero-order chi connectivity index (χ0) is 14.2. The molecule has 0 aliphatic heterocycles. The summed E-state index contributed by atoms with van der Waals surface area (Å²) in [4.78, 5) is 14.4. The molecular weight excluding hydrogens is 258 g/mol. The highest BCUT2D eigenvalue weighted by Crippen LogP contribution is 2.16. The lowest BCUT2D eigenvalue weighted by atomic mass is 10.3. The SMILES string of the molecule is COc1ccc(OCC(=O)N/N=C/c2ccc[nH]2)cc1. The standard InChI is InChI=1S/C14H15N3O3/c1-19-12-4-6-13(7-5-12)20-10-14(18)17-16-9-11-3-2-8-15-11/h2-9,15H,10H2,1H3,(H,17,18)/b16-9+. The molecule has 0 bridgehead atoms. The summed E-state index contributed by atoms with van der Waals surface area (Å²) < 4.78 is 10.3. The maximum atomic E-state index is 11.5. The van der Waals surface area contributed by atoms with Gasteiger partial charge in [0, 0.05) is 6.20 Å². The molecule has 2 aromatic rings. The van der Waals surface area contributed by atoms with E-state index in [1.165, 1.54) is 6.21 Å². The molecule has 0 aliphatic carbocycles. The maximum Gasteiger partial charge on any atom is 0.277 e. The first kappa shape index (κ1) is 13.7. The largest absolute Gasteiger partial charge is 0.497 e. The number of hydrogen-bond acceptors (Lipinski definition) is 4. The summed E-state index contributed by atoms with van der Waals surface area (Å²) in [6, 6.07) is 10.7. The van der Waals surface area contributed by atoms with Gasteiger partial charge < -0.3 is 14.5 Å². The quantitative estimate of drug-likeness (QED) is 0.619. The highest BCUT2D eigenvalue weighted by atomic mass is 16.5. The van der Waals surface area contributed by atoms with Gasteiger partial charge in [-0.3, -0.25) is 4.79 Å². The average Bonchev–Trinajstić information content (AvgIpc) is 2.99. The maximum absolute atomic E-state index is 11.5. The van der Waals surface area contributed by atoms with E-state index in [0.29, 0.717) is 5.75 Å². The Hall–Kier alpha value is -2.76. The molecule has 1 amide bonds. The first-order chi connectivity index (χ1) is 9.78. The number of hydrogen-bond donors (Lipinski definition) is 2. The van der Waals surface area contributed by atoms with Crippen molar-refractivity contribution in [3.05, 3.63) is 48.3 Å². The fraction of sp³-hybridized carbons (Fsp3) is 0.143. The Kier molecular flexibility index (Phi) is 4.77. The number of nitrogens with one attached hydrogen (secondary N) is 2. The third kappa shape index (κ3) is 4.16. The monoisotopic (exact) mass is 273 g/mol. The van der Waals surface area contributed by atoms with Crippen LogP contribution in [0.2, 0.25) is 0 Å². The Bertz CT molecular complexity index is 562. The number of hydrazone groups is 1. The van der Waals surface area contributed by atoms with Gasteiger partial charge in [0.25, 0.3) is 5.91 Å². The zero-order valence-corrected chi connectivity index (χ0v) is 11.0. The molecule has 2 N–H and O–H groups in total. The lowest BCUT2D eigenvalue weighted by molar-refractivity contribution is -0.123. The van der Waals surface area contributed by atoms with Gasteiger partial charge in [0.2, 0.25) is 0 Å². The predicted molar refractivity (Wildman–Crippen MR) is 75.0 cm³/mol. The van der Waals surface area contributed by atoms with Gasteiger partial charge in [-0.05, 0) is 36.4 Å². The third-order valence-electron chi connectivity index (χ3n) is 2.44. The van der Waals surface area contributed by atoms with Crippen LogP contribution in [0.15, 0.2) is 47.7 Å². The Labute approximate surface area is 116 Å². The van der Waals surface area contributed by atoms with Gasteiger partial charge in [-0.25, -0.2) is 5.43 Å². The minimum atomic E-state index is -0.330. The number of H-pyrrole nitrogens is 1. The number of ether oxygens (including phenoxy) is 2. The van der Waals surface area contributed by atoms with Crippen LogP contribution in [0.4, 0.5) is 0 Å². The minimum absolute atomic E-state index is 0.103. The van der Waals surface area contributed by atoms with E-state index >= 15 is 0 Å². The van der Waals surface area contributed by atoms with Crippen molar-refractivity contribution in [2.75, 3.05) is 13.7 Å².